The van der Waals surface area contributed by atoms with Gasteiger partial charge in [0, 0.05) is 32.7 Å². The van der Waals surface area contributed by atoms with Crippen LogP contribution in [-0.4, -0.2) is 124 Å². The number of piperazine rings is 2. The van der Waals surface area contributed by atoms with Crippen molar-refractivity contribution in [3.8, 4) is 0 Å². The molecule has 2 aliphatic heterocycles. The Morgan fingerprint density at radius 3 is 1.63 bits per heavy atom. The van der Waals surface area contributed by atoms with Crippen LogP contribution in [0.4, 0.5) is 14.4 Å². The van der Waals surface area contributed by atoms with E-state index in [1.807, 2.05) is 0 Å². The average molecular weight is 613 g/mol. The van der Waals surface area contributed by atoms with Crippen LogP contribution in [0.1, 0.15) is 85.0 Å². The van der Waals surface area contributed by atoms with Crippen molar-refractivity contribution in [3.63, 3.8) is 0 Å². The molecule has 4 fully saturated rings. The summed E-state index contributed by atoms with van der Waals surface area (Å²) in [5.41, 5.74) is -0.660. The lowest BCUT2D eigenvalue weighted by Crippen LogP contribution is -2.60. The van der Waals surface area contributed by atoms with Crippen LogP contribution in [-0.2, 0) is 23.8 Å². The second-order valence-corrected chi connectivity index (χ2v) is 12.5. The fraction of sp³-hybridized carbons (Fsp3) is 0.828. The maximum atomic E-state index is 12.4. The predicted molar refractivity (Wildman–Crippen MR) is 154 cm³/mol. The fourth-order valence-corrected chi connectivity index (χ4v) is 5.64. The Labute approximate surface area is 253 Å². The minimum atomic E-state index is -1.16. The summed E-state index contributed by atoms with van der Waals surface area (Å²) in [5, 5.41) is 21.5. The molecule has 0 aromatic rings. The zero-order valence-electron chi connectivity index (χ0n) is 25.6. The average Bonchev–Trinajstić information content (AvgIpc) is 2.97. The first-order valence-corrected chi connectivity index (χ1v) is 15.4. The van der Waals surface area contributed by atoms with Gasteiger partial charge in [-0.1, -0.05) is 12.8 Å². The smallest absolute Gasteiger partial charge is 0.410 e. The fourth-order valence-electron chi connectivity index (χ4n) is 5.64. The van der Waals surface area contributed by atoms with E-state index in [1.54, 1.807) is 20.8 Å². The molecule has 244 valence electrons. The van der Waals surface area contributed by atoms with Gasteiger partial charge in [-0.15, -0.1) is 0 Å². The number of ether oxygens (including phenoxy) is 3. The molecule has 0 spiro atoms. The summed E-state index contributed by atoms with van der Waals surface area (Å²) in [6, 6.07) is -1.94. The van der Waals surface area contributed by atoms with Gasteiger partial charge in [-0.25, -0.2) is 24.0 Å². The Kier molecular flexibility index (Phi) is 12.7. The molecular formula is C29H48N4O10. The number of hydrogen-bond donors (Lipinski definition) is 3. The number of carbonyl (C=O) groups is 5. The molecule has 2 atom stereocenters. The number of nitrogens with zero attached hydrogens (tertiary/aromatic N) is 3. The first kappa shape index (κ1) is 34.2. The molecule has 3 N–H and O–H groups in total. The summed E-state index contributed by atoms with van der Waals surface area (Å²) in [6.07, 6.45) is 8.16. The largest absolute Gasteiger partial charge is 0.480 e. The van der Waals surface area contributed by atoms with E-state index in [-0.39, 0.29) is 38.4 Å². The molecule has 14 nitrogen and oxygen atoms in total. The Balaban J connectivity index is 0.000000248. The van der Waals surface area contributed by atoms with Crippen LogP contribution in [0.3, 0.4) is 0 Å². The van der Waals surface area contributed by atoms with E-state index in [0.717, 1.165) is 57.8 Å². The molecule has 0 aromatic heterocycles. The van der Waals surface area contributed by atoms with E-state index >= 15 is 0 Å². The van der Waals surface area contributed by atoms with Crippen LogP contribution in [0, 0.1) is 0 Å². The van der Waals surface area contributed by atoms with Crippen LogP contribution >= 0.6 is 0 Å². The van der Waals surface area contributed by atoms with Gasteiger partial charge in [0.2, 0.25) is 0 Å². The monoisotopic (exact) mass is 612 g/mol. The van der Waals surface area contributed by atoms with Crippen molar-refractivity contribution in [1.29, 1.82) is 0 Å². The van der Waals surface area contributed by atoms with Gasteiger partial charge < -0.3 is 34.6 Å². The molecule has 43 heavy (non-hydrogen) atoms. The Bertz CT molecular complexity index is 975. The Hall–Kier alpha value is -3.29. The number of carbonyl (C=O) groups excluding carboxylic acids is 3. The van der Waals surface area contributed by atoms with Gasteiger partial charge in [0.25, 0.3) is 0 Å². The van der Waals surface area contributed by atoms with Gasteiger partial charge in [0.05, 0.1) is 6.54 Å². The summed E-state index contributed by atoms with van der Waals surface area (Å²) < 4.78 is 16.2. The molecule has 0 aromatic carbocycles. The van der Waals surface area contributed by atoms with Crippen LogP contribution < -0.4 is 5.32 Å². The van der Waals surface area contributed by atoms with Gasteiger partial charge in [-0.2, -0.15) is 0 Å². The third-order valence-electron chi connectivity index (χ3n) is 7.95. The van der Waals surface area contributed by atoms with E-state index in [9.17, 15) is 29.1 Å². The van der Waals surface area contributed by atoms with Crippen molar-refractivity contribution in [2.45, 2.75) is 115 Å². The molecular weight excluding hydrogens is 564 g/mol. The van der Waals surface area contributed by atoms with Gasteiger partial charge in [-0.05, 0) is 72.1 Å². The standard InChI is InChI=1S/C17H28N2O6.C12H20N2O4/c1-17(2,3)25-15(22)18-9-10-19(13(11-18)14(20)21)16(23)24-12-7-5-4-6-8-12;15-11(16)10-8-13-6-7-14(10)12(17)18-9-4-2-1-3-5-9/h12-13H,4-11H2,1-3H3,(H,20,21);9-10,13H,1-8H2,(H,15,16)/t13-;10-/m11/s1. The molecule has 4 aliphatic rings. The molecule has 2 heterocycles. The molecule has 2 saturated heterocycles. The van der Waals surface area contributed by atoms with Crippen molar-refractivity contribution in [2.75, 3.05) is 39.3 Å². The zero-order chi connectivity index (χ0) is 31.6. The minimum Gasteiger partial charge on any atom is -0.480 e. The molecule has 14 heteroatoms. The molecule has 3 amide bonds. The lowest BCUT2D eigenvalue weighted by molar-refractivity contribution is -0.145. The van der Waals surface area contributed by atoms with Crippen molar-refractivity contribution in [2.24, 2.45) is 0 Å². The number of rotatable bonds is 4. The van der Waals surface area contributed by atoms with Gasteiger partial charge in [0.15, 0.2) is 6.04 Å². The molecule has 0 unspecified atom stereocenters. The number of carboxylic acid groups (broad SMARTS) is 2. The van der Waals surface area contributed by atoms with Crippen LogP contribution in [0.25, 0.3) is 0 Å². The lowest BCUT2D eigenvalue weighted by Gasteiger charge is -2.39. The van der Waals surface area contributed by atoms with E-state index in [1.165, 1.54) is 21.1 Å². The number of carboxylic acids is 2. The summed E-state index contributed by atoms with van der Waals surface area (Å²) in [6.45, 7) is 6.76. The van der Waals surface area contributed by atoms with Crippen molar-refractivity contribution >= 4 is 30.2 Å². The Morgan fingerprint density at radius 2 is 1.16 bits per heavy atom. The topological polar surface area (TPSA) is 175 Å². The van der Waals surface area contributed by atoms with E-state index in [4.69, 9.17) is 19.3 Å². The minimum absolute atomic E-state index is 0.0319. The highest BCUT2D eigenvalue weighted by atomic mass is 16.6. The third kappa shape index (κ3) is 10.7. The first-order valence-electron chi connectivity index (χ1n) is 15.4. The van der Waals surface area contributed by atoms with Gasteiger partial charge in [-0.3, -0.25) is 9.80 Å². The summed E-state index contributed by atoms with van der Waals surface area (Å²) in [5.74, 6) is -2.14. The lowest BCUT2D eigenvalue weighted by atomic mass is 9.98. The molecule has 4 rings (SSSR count). The van der Waals surface area contributed by atoms with Gasteiger partial charge >= 0.3 is 30.2 Å². The maximum Gasteiger partial charge on any atom is 0.410 e. The summed E-state index contributed by atoms with van der Waals surface area (Å²) in [4.78, 5) is 63.1. The normalized spacial score (nSPS) is 23.8. The highest BCUT2D eigenvalue weighted by molar-refractivity contribution is 5.82. The van der Waals surface area contributed by atoms with E-state index < -0.39 is 47.9 Å². The summed E-state index contributed by atoms with van der Waals surface area (Å²) >= 11 is 0. The number of hydrogen-bond acceptors (Lipinski definition) is 9. The molecule has 0 bridgehead atoms. The molecule has 2 aliphatic carbocycles. The van der Waals surface area contributed by atoms with Crippen LogP contribution in [0.5, 0.6) is 0 Å². The quantitative estimate of drug-likeness (QED) is 0.397. The number of nitrogens with one attached hydrogen (secondary N) is 1. The third-order valence-corrected chi connectivity index (χ3v) is 7.95. The second kappa shape index (κ2) is 16.0. The van der Waals surface area contributed by atoms with Crippen LogP contribution in [0.2, 0.25) is 0 Å². The zero-order valence-corrected chi connectivity index (χ0v) is 25.6. The first-order chi connectivity index (χ1) is 20.4. The van der Waals surface area contributed by atoms with Gasteiger partial charge in [0.1, 0.15) is 23.9 Å². The van der Waals surface area contributed by atoms with Crippen molar-refractivity contribution < 1.29 is 48.4 Å². The molecule has 2 saturated carbocycles. The maximum absolute atomic E-state index is 12.4. The SMILES string of the molecule is CC(C)(C)OC(=O)N1CCN(C(=O)OC2CCCCC2)[C@@H](C(=O)O)C1.O=C(O)[C@H]1CNCCN1C(=O)OC1CCCCC1. The van der Waals surface area contributed by atoms with Crippen molar-refractivity contribution in [1.82, 2.24) is 20.0 Å². The highest BCUT2D eigenvalue weighted by Gasteiger charge is 2.40. The van der Waals surface area contributed by atoms with Crippen LogP contribution in [0.15, 0.2) is 0 Å². The second-order valence-electron chi connectivity index (χ2n) is 12.5. The summed E-state index contributed by atoms with van der Waals surface area (Å²) in [7, 11) is 0. The molecule has 0 radical (unpaired) electrons. The van der Waals surface area contributed by atoms with Crippen molar-refractivity contribution in [3.05, 3.63) is 0 Å². The number of aliphatic carboxylic acids is 2. The van der Waals surface area contributed by atoms with E-state index in [2.05, 4.69) is 5.32 Å². The Morgan fingerprint density at radius 1 is 0.674 bits per heavy atom. The number of amides is 3. The van der Waals surface area contributed by atoms with E-state index in [0.29, 0.717) is 13.1 Å². The highest BCUT2D eigenvalue weighted by Crippen LogP contribution is 2.23. The predicted octanol–water partition coefficient (Wildman–Crippen LogP) is 3.28.